The van der Waals surface area contributed by atoms with Crippen molar-refractivity contribution in [3.8, 4) is 0 Å². The monoisotopic (exact) mass is 652 g/mol. The highest BCUT2D eigenvalue weighted by Gasteiger charge is 2.61. The van der Waals surface area contributed by atoms with Crippen LogP contribution in [0.2, 0.25) is 0 Å². The maximum absolute atomic E-state index is 13.7. The number of nitrogens with one attached hydrogen (secondary N) is 1. The topological polar surface area (TPSA) is 190 Å². The predicted octanol–water partition coefficient (Wildman–Crippen LogP) is 3.46. The van der Waals surface area contributed by atoms with E-state index in [9.17, 15) is 19.2 Å². The number of anilines is 1. The van der Waals surface area contributed by atoms with Crippen molar-refractivity contribution >= 4 is 29.5 Å². The minimum Gasteiger partial charge on any atom is -0.459 e. The van der Waals surface area contributed by atoms with Crippen LogP contribution < -0.4 is 11.3 Å². The van der Waals surface area contributed by atoms with Crippen LogP contribution in [0.15, 0.2) is 77.6 Å². The van der Waals surface area contributed by atoms with Gasteiger partial charge in [0.2, 0.25) is 11.6 Å². The molecule has 1 aliphatic heterocycles. The molecule has 246 valence electrons. The van der Waals surface area contributed by atoms with E-state index in [0.717, 1.165) is 21.2 Å². The summed E-state index contributed by atoms with van der Waals surface area (Å²) in [5, 5.41) is 12.2. The van der Waals surface area contributed by atoms with Gasteiger partial charge in [0.15, 0.2) is 23.6 Å². The summed E-state index contributed by atoms with van der Waals surface area (Å²) in [5.41, 5.74) is 6.63. The smallest absolute Gasteiger partial charge is 0.338 e. The molecule has 1 fully saturated rings. The van der Waals surface area contributed by atoms with Crippen LogP contribution in [0.4, 0.5) is 5.95 Å². The van der Waals surface area contributed by atoms with Crippen molar-refractivity contribution in [1.29, 1.82) is 0 Å². The van der Waals surface area contributed by atoms with Gasteiger partial charge in [0.25, 0.3) is 5.56 Å². The molecule has 48 heavy (non-hydrogen) atoms. The zero-order valence-electron chi connectivity index (χ0n) is 26.5. The zero-order chi connectivity index (χ0) is 34.2. The number of benzene rings is 3. The van der Waals surface area contributed by atoms with Crippen LogP contribution in [0.25, 0.3) is 5.65 Å². The van der Waals surface area contributed by atoms with Crippen LogP contribution in [0.1, 0.15) is 66.6 Å². The van der Waals surface area contributed by atoms with E-state index in [0.29, 0.717) is 5.56 Å². The van der Waals surface area contributed by atoms with Gasteiger partial charge < -0.3 is 24.7 Å². The number of fused-ring (bicyclic) bond motifs is 1. The van der Waals surface area contributed by atoms with Crippen LogP contribution in [0.5, 0.6) is 0 Å². The van der Waals surface area contributed by atoms with Gasteiger partial charge in [-0.1, -0.05) is 53.1 Å². The van der Waals surface area contributed by atoms with Crippen molar-refractivity contribution in [3.05, 3.63) is 122 Å². The van der Waals surface area contributed by atoms with E-state index in [1.807, 2.05) is 20.8 Å². The Hall–Kier alpha value is -5.89. The molecule has 2 aromatic heterocycles. The Morgan fingerprint density at radius 2 is 1.35 bits per heavy atom. The maximum Gasteiger partial charge on any atom is 0.338 e. The molecule has 14 nitrogen and oxygen atoms in total. The van der Waals surface area contributed by atoms with E-state index in [2.05, 4.69) is 20.3 Å². The molecule has 6 rings (SSSR count). The van der Waals surface area contributed by atoms with E-state index in [4.69, 9.17) is 24.7 Å². The van der Waals surface area contributed by atoms with E-state index in [-0.39, 0.29) is 28.5 Å². The Balaban J connectivity index is 1.43. The Morgan fingerprint density at radius 1 is 0.833 bits per heavy atom. The van der Waals surface area contributed by atoms with Crippen LogP contribution in [-0.4, -0.2) is 67.1 Å². The minimum atomic E-state index is -1.84. The molecule has 0 radical (unpaired) electrons. The fraction of sp³-hybridized carbons (Fsp3) is 0.265. The van der Waals surface area contributed by atoms with Crippen molar-refractivity contribution in [1.82, 2.24) is 24.8 Å². The summed E-state index contributed by atoms with van der Waals surface area (Å²) < 4.78 is 25.3. The summed E-state index contributed by atoms with van der Waals surface area (Å²) in [6.45, 7) is 6.71. The molecule has 0 aliphatic carbocycles. The number of aromatic amines is 1. The van der Waals surface area contributed by atoms with Gasteiger partial charge in [-0.15, -0.1) is 15.3 Å². The number of hydrogen-bond donors (Lipinski definition) is 2. The fourth-order valence-electron chi connectivity index (χ4n) is 5.40. The molecule has 0 amide bonds. The van der Waals surface area contributed by atoms with Gasteiger partial charge in [0, 0.05) is 0 Å². The van der Waals surface area contributed by atoms with Crippen molar-refractivity contribution in [3.63, 3.8) is 0 Å². The Kier molecular flexibility index (Phi) is 8.50. The van der Waals surface area contributed by atoms with Gasteiger partial charge in [0.05, 0.1) is 16.7 Å². The minimum absolute atomic E-state index is 0.0780. The molecule has 5 aromatic rings. The second-order valence-corrected chi connectivity index (χ2v) is 11.8. The number of carbonyl (C=O) groups is 3. The first-order chi connectivity index (χ1) is 22.9. The zero-order valence-corrected chi connectivity index (χ0v) is 26.5. The molecule has 3 aromatic carbocycles. The average Bonchev–Trinajstić information content (AvgIpc) is 3.59. The van der Waals surface area contributed by atoms with Gasteiger partial charge in [-0.2, -0.15) is 4.52 Å². The van der Waals surface area contributed by atoms with Crippen LogP contribution in [0, 0.1) is 20.8 Å². The molecule has 1 saturated heterocycles. The number of aryl methyl sites for hydroxylation is 3. The number of carbonyl (C=O) groups excluding carboxylic acids is 3. The van der Waals surface area contributed by atoms with Gasteiger partial charge in [0.1, 0.15) is 12.7 Å². The summed E-state index contributed by atoms with van der Waals surface area (Å²) in [4.78, 5) is 55.3. The van der Waals surface area contributed by atoms with E-state index in [1.54, 1.807) is 72.8 Å². The van der Waals surface area contributed by atoms with Crippen LogP contribution in [-0.2, 0) is 18.9 Å². The Morgan fingerprint density at radius 3 is 1.92 bits per heavy atom. The SMILES string of the molecule is Cc1ccc(C(=O)OC[C@H]2O[C@@H](c3nnc4c(=O)[nH]c(N)nn34)[C@](C)(OC(=O)c3ccc(C)cc3)[C@@H]2OC(=O)c2ccc(C)cc2)cc1. The third-order valence-corrected chi connectivity index (χ3v) is 8.07. The van der Waals surface area contributed by atoms with Crippen LogP contribution in [0.3, 0.4) is 0 Å². The number of nitrogens with two attached hydrogens (primary N) is 1. The molecule has 0 spiro atoms. The number of esters is 3. The summed E-state index contributed by atoms with van der Waals surface area (Å²) >= 11 is 0. The molecular weight excluding hydrogens is 620 g/mol. The Bertz CT molecular complexity index is 2060. The number of nitrogens with zero attached hydrogens (tertiary/aromatic N) is 4. The van der Waals surface area contributed by atoms with E-state index >= 15 is 0 Å². The number of nitrogen functional groups attached to an aromatic ring is 1. The molecule has 0 bridgehead atoms. The molecule has 4 atom stereocenters. The quantitative estimate of drug-likeness (QED) is 0.184. The summed E-state index contributed by atoms with van der Waals surface area (Å²) in [7, 11) is 0. The van der Waals surface area contributed by atoms with E-state index in [1.165, 1.54) is 6.92 Å². The van der Waals surface area contributed by atoms with E-state index < -0.39 is 54.0 Å². The predicted molar refractivity (Wildman–Crippen MR) is 170 cm³/mol. The first-order valence-electron chi connectivity index (χ1n) is 15.0. The maximum atomic E-state index is 13.7. The largest absolute Gasteiger partial charge is 0.459 e. The first kappa shape index (κ1) is 32.1. The van der Waals surface area contributed by atoms with Crippen LogP contribution >= 0.6 is 0 Å². The van der Waals surface area contributed by atoms with Gasteiger partial charge >= 0.3 is 17.9 Å². The molecule has 1 aliphatic rings. The molecule has 3 heterocycles. The third kappa shape index (κ3) is 6.25. The lowest BCUT2D eigenvalue weighted by molar-refractivity contribution is -0.0908. The third-order valence-electron chi connectivity index (χ3n) is 8.07. The van der Waals surface area contributed by atoms with Gasteiger partial charge in [-0.3, -0.25) is 9.78 Å². The number of ether oxygens (including phenoxy) is 4. The lowest BCUT2D eigenvalue weighted by Crippen LogP contribution is -2.50. The highest BCUT2D eigenvalue weighted by atomic mass is 16.7. The summed E-state index contributed by atoms with van der Waals surface area (Å²) in [6.07, 6.45) is -3.92. The van der Waals surface area contributed by atoms with Crippen molar-refractivity contribution in [2.75, 3.05) is 12.3 Å². The molecule has 3 N–H and O–H groups in total. The summed E-state index contributed by atoms with van der Waals surface area (Å²) in [6, 6.07) is 20.1. The normalized spacial score (nSPS) is 20.4. The molecule has 0 saturated carbocycles. The van der Waals surface area contributed by atoms with Crippen molar-refractivity contribution < 1.29 is 33.3 Å². The molecule has 14 heteroatoms. The second-order valence-electron chi connectivity index (χ2n) is 11.8. The highest BCUT2D eigenvalue weighted by molar-refractivity contribution is 5.91. The van der Waals surface area contributed by atoms with Gasteiger partial charge in [-0.25, -0.2) is 14.4 Å². The fourth-order valence-corrected chi connectivity index (χ4v) is 5.40. The number of aromatic nitrogens is 5. The lowest BCUT2D eigenvalue weighted by Gasteiger charge is -2.33. The lowest BCUT2D eigenvalue weighted by atomic mass is 9.91. The number of rotatable bonds is 8. The first-order valence-corrected chi connectivity index (χ1v) is 15.0. The van der Waals surface area contributed by atoms with Crippen molar-refractivity contribution in [2.24, 2.45) is 0 Å². The van der Waals surface area contributed by atoms with Crippen molar-refractivity contribution in [2.45, 2.75) is 51.6 Å². The highest BCUT2D eigenvalue weighted by Crippen LogP contribution is 2.46. The Labute approximate surface area is 273 Å². The standard InChI is InChI=1S/C34H32N6O8/c1-18-5-11-21(12-6-18)30(42)45-17-24-25(47-31(43)22-13-7-19(2)8-14-22)34(4,48-32(44)23-15-9-20(3)10-16-23)26(46-24)27-37-38-28-29(41)36-33(35)39-40(27)28/h5-16,24-26H,17H2,1-4H3,(H3,35,36,39,41)/t24-,25-,26+,34-/m1/s1. The number of hydrogen-bond acceptors (Lipinski definition) is 12. The molecular formula is C34H32N6O8. The number of H-pyrrole nitrogens is 1. The average molecular weight is 653 g/mol. The second kappa shape index (κ2) is 12.7. The molecule has 0 unspecified atom stereocenters. The summed E-state index contributed by atoms with van der Waals surface area (Å²) in [5.74, 6) is -2.49. The van der Waals surface area contributed by atoms with Gasteiger partial charge in [-0.05, 0) is 64.1 Å².